The zero-order valence-electron chi connectivity index (χ0n) is 10.9. The number of hydrazine groups is 1. The molecule has 1 aromatic heterocycles. The van der Waals surface area contributed by atoms with Crippen LogP contribution in [0.3, 0.4) is 0 Å². The highest BCUT2D eigenvalue weighted by molar-refractivity contribution is 9.10. The zero-order chi connectivity index (χ0) is 14.7. The van der Waals surface area contributed by atoms with E-state index in [1.54, 1.807) is 16.9 Å². The van der Waals surface area contributed by atoms with Crippen LogP contribution in [0, 0.1) is 11.6 Å². The maximum atomic E-state index is 13.7. The quantitative estimate of drug-likeness (QED) is 0.498. The summed E-state index contributed by atoms with van der Waals surface area (Å²) in [4.78, 5) is 0. The molecule has 0 amide bonds. The first-order valence-corrected chi connectivity index (χ1v) is 7.00. The van der Waals surface area contributed by atoms with Gasteiger partial charge in [0.05, 0.1) is 16.2 Å². The Morgan fingerprint density at radius 1 is 1.40 bits per heavy atom. The summed E-state index contributed by atoms with van der Waals surface area (Å²) in [5.74, 6) is 3.76. The average Bonchev–Trinajstić information content (AvgIpc) is 2.88. The van der Waals surface area contributed by atoms with Crippen LogP contribution in [0.2, 0.25) is 0 Å². The van der Waals surface area contributed by atoms with Crippen molar-refractivity contribution in [1.82, 2.24) is 15.2 Å². The molecule has 0 fully saturated rings. The first-order chi connectivity index (χ1) is 9.60. The minimum Gasteiger partial charge on any atom is -0.271 e. The Kier molecular flexibility index (Phi) is 4.85. The molecule has 2 rings (SSSR count). The van der Waals surface area contributed by atoms with Crippen molar-refractivity contribution in [1.29, 1.82) is 0 Å². The summed E-state index contributed by atoms with van der Waals surface area (Å²) in [6.07, 6.45) is 2.56. The van der Waals surface area contributed by atoms with E-state index < -0.39 is 17.7 Å². The maximum Gasteiger partial charge on any atom is 0.173 e. The number of aryl methyl sites for hydroxylation is 1. The highest BCUT2D eigenvalue weighted by atomic mass is 79.9. The number of nitrogens with zero attached hydrogens (tertiary/aromatic N) is 2. The highest BCUT2D eigenvalue weighted by Gasteiger charge is 2.22. The van der Waals surface area contributed by atoms with Crippen molar-refractivity contribution >= 4 is 15.9 Å². The van der Waals surface area contributed by atoms with E-state index in [9.17, 15) is 8.78 Å². The van der Waals surface area contributed by atoms with Crippen molar-refractivity contribution in [2.24, 2.45) is 5.84 Å². The summed E-state index contributed by atoms with van der Waals surface area (Å²) in [6, 6.07) is 3.90. The summed E-state index contributed by atoms with van der Waals surface area (Å²) >= 11 is 3.08. The van der Waals surface area contributed by atoms with Crippen LogP contribution in [0.25, 0.3) is 0 Å². The summed E-state index contributed by atoms with van der Waals surface area (Å²) in [5, 5.41) is 4.21. The molecule has 1 aromatic carbocycles. The van der Waals surface area contributed by atoms with Crippen LogP contribution in [0.1, 0.15) is 30.6 Å². The molecular weight excluding hydrogens is 330 g/mol. The van der Waals surface area contributed by atoms with Crippen LogP contribution < -0.4 is 11.3 Å². The third-order valence-corrected chi connectivity index (χ3v) is 3.83. The molecule has 108 valence electrons. The van der Waals surface area contributed by atoms with Crippen molar-refractivity contribution in [2.75, 3.05) is 0 Å². The van der Waals surface area contributed by atoms with Crippen molar-refractivity contribution in [3.63, 3.8) is 0 Å². The number of benzene rings is 1. The third-order valence-electron chi connectivity index (χ3n) is 3.02. The van der Waals surface area contributed by atoms with E-state index in [2.05, 4.69) is 26.5 Å². The molecule has 1 unspecified atom stereocenters. The van der Waals surface area contributed by atoms with Crippen LogP contribution in [0.4, 0.5) is 8.78 Å². The molecule has 20 heavy (non-hydrogen) atoms. The molecule has 0 spiro atoms. The Balaban J connectivity index is 2.47. The fourth-order valence-electron chi connectivity index (χ4n) is 2.09. The molecule has 1 heterocycles. The first-order valence-electron chi connectivity index (χ1n) is 6.21. The van der Waals surface area contributed by atoms with E-state index in [-0.39, 0.29) is 4.47 Å². The predicted molar refractivity (Wildman–Crippen MR) is 75.7 cm³/mol. The number of hydrogen-bond donors (Lipinski definition) is 2. The van der Waals surface area contributed by atoms with Crippen LogP contribution >= 0.6 is 15.9 Å². The Morgan fingerprint density at radius 2 is 2.15 bits per heavy atom. The van der Waals surface area contributed by atoms with Gasteiger partial charge in [0.1, 0.15) is 0 Å². The molecule has 0 radical (unpaired) electrons. The summed E-state index contributed by atoms with van der Waals surface area (Å²) < 4.78 is 28.7. The van der Waals surface area contributed by atoms with Crippen molar-refractivity contribution in [3.05, 3.63) is 51.8 Å². The normalized spacial score (nSPS) is 12.7. The highest BCUT2D eigenvalue weighted by Crippen LogP contribution is 2.31. The molecule has 7 heteroatoms. The summed E-state index contributed by atoms with van der Waals surface area (Å²) in [6.45, 7) is 2.76. The number of halogens is 3. The van der Waals surface area contributed by atoms with Crippen molar-refractivity contribution < 1.29 is 8.78 Å². The monoisotopic (exact) mass is 344 g/mol. The minimum absolute atomic E-state index is 0.0599. The Labute approximate surface area is 124 Å². The molecule has 3 N–H and O–H groups in total. The second-order valence-corrected chi connectivity index (χ2v) is 5.14. The van der Waals surface area contributed by atoms with Crippen molar-refractivity contribution in [3.8, 4) is 0 Å². The van der Waals surface area contributed by atoms with Gasteiger partial charge in [0.15, 0.2) is 11.6 Å². The second kappa shape index (κ2) is 6.43. The smallest absolute Gasteiger partial charge is 0.173 e. The van der Waals surface area contributed by atoms with Crippen LogP contribution in [0.5, 0.6) is 0 Å². The van der Waals surface area contributed by atoms with Gasteiger partial charge in [0, 0.05) is 12.7 Å². The Morgan fingerprint density at radius 3 is 2.80 bits per heavy atom. The molecule has 0 saturated heterocycles. The lowest BCUT2D eigenvalue weighted by atomic mass is 10.0. The fraction of sp³-hybridized carbons (Fsp3) is 0.308. The van der Waals surface area contributed by atoms with E-state index in [4.69, 9.17) is 5.84 Å². The minimum atomic E-state index is -0.927. The van der Waals surface area contributed by atoms with E-state index in [0.29, 0.717) is 5.56 Å². The van der Waals surface area contributed by atoms with Gasteiger partial charge < -0.3 is 0 Å². The standard InChI is InChI=1S/C13H15BrF2N4/c1-2-7-20-10(5-6-18-20)13(19-17)8-3-4-9(15)12(16)11(8)14/h3-6,13,19H,2,7,17H2,1H3. The SMILES string of the molecule is CCCn1nccc1C(NN)c1ccc(F)c(F)c1Br. The van der Waals surface area contributed by atoms with Gasteiger partial charge in [-0.15, -0.1) is 0 Å². The second-order valence-electron chi connectivity index (χ2n) is 4.34. The topological polar surface area (TPSA) is 55.9 Å². The van der Waals surface area contributed by atoms with Gasteiger partial charge in [-0.25, -0.2) is 14.2 Å². The number of aromatic nitrogens is 2. The Hall–Kier alpha value is -1.31. The van der Waals surface area contributed by atoms with E-state index in [1.165, 1.54) is 6.07 Å². The van der Waals surface area contributed by atoms with Crippen LogP contribution in [-0.4, -0.2) is 9.78 Å². The Bertz CT molecular complexity index is 600. The fourth-order valence-corrected chi connectivity index (χ4v) is 2.64. The number of nitrogens with two attached hydrogens (primary N) is 1. The lowest BCUT2D eigenvalue weighted by Gasteiger charge is -2.19. The molecular formula is C13H15BrF2N4. The summed E-state index contributed by atoms with van der Waals surface area (Å²) in [7, 11) is 0. The summed E-state index contributed by atoms with van der Waals surface area (Å²) in [5.41, 5.74) is 3.94. The number of rotatable bonds is 5. The van der Waals surface area contributed by atoms with Gasteiger partial charge in [0.2, 0.25) is 0 Å². The van der Waals surface area contributed by atoms with Gasteiger partial charge in [-0.1, -0.05) is 13.0 Å². The molecule has 2 aromatic rings. The van der Waals surface area contributed by atoms with Gasteiger partial charge in [-0.05, 0) is 40.0 Å². The lowest BCUT2D eigenvalue weighted by Crippen LogP contribution is -2.31. The molecule has 4 nitrogen and oxygen atoms in total. The van der Waals surface area contributed by atoms with Gasteiger partial charge >= 0.3 is 0 Å². The third kappa shape index (κ3) is 2.74. The number of hydrogen-bond acceptors (Lipinski definition) is 3. The van der Waals surface area contributed by atoms with Gasteiger partial charge in [-0.2, -0.15) is 5.10 Å². The molecule has 0 aliphatic rings. The van der Waals surface area contributed by atoms with E-state index >= 15 is 0 Å². The van der Waals surface area contributed by atoms with Crippen LogP contribution in [-0.2, 0) is 6.54 Å². The zero-order valence-corrected chi connectivity index (χ0v) is 12.5. The molecule has 0 bridgehead atoms. The molecule has 0 aliphatic heterocycles. The average molecular weight is 345 g/mol. The molecule has 1 atom stereocenters. The lowest BCUT2D eigenvalue weighted by molar-refractivity contribution is 0.491. The van der Waals surface area contributed by atoms with E-state index in [0.717, 1.165) is 24.7 Å². The van der Waals surface area contributed by atoms with E-state index in [1.807, 2.05) is 6.92 Å². The van der Waals surface area contributed by atoms with Gasteiger partial charge in [0.25, 0.3) is 0 Å². The predicted octanol–water partition coefficient (Wildman–Crippen LogP) is 2.89. The maximum absolute atomic E-state index is 13.7. The number of nitrogens with one attached hydrogen (secondary N) is 1. The molecule has 0 aliphatic carbocycles. The largest absolute Gasteiger partial charge is 0.271 e. The van der Waals surface area contributed by atoms with Gasteiger partial charge in [-0.3, -0.25) is 10.5 Å². The van der Waals surface area contributed by atoms with Crippen LogP contribution in [0.15, 0.2) is 28.9 Å². The van der Waals surface area contributed by atoms with Crippen molar-refractivity contribution in [2.45, 2.75) is 25.9 Å². The first kappa shape index (κ1) is 15.1. The molecule has 0 saturated carbocycles.